The molecule has 0 radical (unpaired) electrons. The second-order valence-corrected chi connectivity index (χ2v) is 6.38. The number of likely N-dealkylation sites (N-methyl/N-ethyl adjacent to an activating group) is 1. The minimum atomic E-state index is -0.268. The first-order valence-corrected chi connectivity index (χ1v) is 7.83. The molecule has 2 aliphatic heterocycles. The minimum absolute atomic E-state index is 0.268. The molecule has 1 aromatic carbocycles. The van der Waals surface area contributed by atoms with Gasteiger partial charge >= 0.3 is 0 Å². The van der Waals surface area contributed by atoms with E-state index in [1.165, 1.54) is 5.56 Å². The largest absolute Gasteiger partial charge is 0.304 e. The molecule has 2 aliphatic rings. The van der Waals surface area contributed by atoms with Gasteiger partial charge in [0.1, 0.15) is 5.54 Å². The molecule has 1 unspecified atom stereocenters. The summed E-state index contributed by atoms with van der Waals surface area (Å²) in [6.07, 6.45) is 0.972. The van der Waals surface area contributed by atoms with Crippen molar-refractivity contribution in [3.8, 4) is 6.07 Å². The van der Waals surface area contributed by atoms with Gasteiger partial charge in [-0.1, -0.05) is 30.3 Å². The molecule has 0 aromatic heterocycles. The Balaban J connectivity index is 1.64. The number of hydrogen-bond donors (Lipinski definition) is 0. The summed E-state index contributed by atoms with van der Waals surface area (Å²) in [6.45, 7) is 7.03. The summed E-state index contributed by atoms with van der Waals surface area (Å²) in [4.78, 5) is 7.19. The van der Waals surface area contributed by atoms with Crippen LogP contribution in [0.25, 0.3) is 0 Å². The minimum Gasteiger partial charge on any atom is -0.304 e. The van der Waals surface area contributed by atoms with E-state index in [1.54, 1.807) is 0 Å². The van der Waals surface area contributed by atoms with Crippen molar-refractivity contribution in [2.24, 2.45) is 0 Å². The highest BCUT2D eigenvalue weighted by molar-refractivity contribution is 5.18. The monoisotopic (exact) mass is 284 g/mol. The number of piperazine rings is 1. The smallest absolute Gasteiger partial charge is 0.123 e. The van der Waals surface area contributed by atoms with Gasteiger partial charge in [-0.2, -0.15) is 5.26 Å². The Morgan fingerprint density at radius 3 is 2.48 bits per heavy atom. The van der Waals surface area contributed by atoms with Crippen LogP contribution >= 0.6 is 0 Å². The Bertz CT molecular complexity index is 501. The van der Waals surface area contributed by atoms with Crippen LogP contribution in [0.5, 0.6) is 0 Å². The van der Waals surface area contributed by atoms with Gasteiger partial charge in [-0.05, 0) is 19.0 Å². The van der Waals surface area contributed by atoms with E-state index in [9.17, 15) is 5.26 Å². The SMILES string of the molecule is CN1CCN(C2(C#N)CCN(Cc3ccccc3)C2)CC1. The fraction of sp³-hybridized carbons (Fsp3) is 0.588. The van der Waals surface area contributed by atoms with Crippen molar-refractivity contribution in [3.63, 3.8) is 0 Å². The third-order valence-corrected chi connectivity index (χ3v) is 4.89. The van der Waals surface area contributed by atoms with Crippen LogP contribution in [0.4, 0.5) is 0 Å². The Kier molecular flexibility index (Phi) is 4.25. The van der Waals surface area contributed by atoms with Crippen LogP contribution in [0.15, 0.2) is 30.3 Å². The van der Waals surface area contributed by atoms with E-state index in [1.807, 2.05) is 0 Å². The molecule has 3 rings (SSSR count). The molecule has 21 heavy (non-hydrogen) atoms. The topological polar surface area (TPSA) is 33.5 Å². The molecule has 0 N–H and O–H groups in total. The van der Waals surface area contributed by atoms with Crippen molar-refractivity contribution in [1.82, 2.24) is 14.7 Å². The average molecular weight is 284 g/mol. The van der Waals surface area contributed by atoms with E-state index in [0.29, 0.717) is 0 Å². The molecule has 2 saturated heterocycles. The summed E-state index contributed by atoms with van der Waals surface area (Å²) >= 11 is 0. The molecule has 0 amide bonds. The van der Waals surface area contributed by atoms with Crippen LogP contribution in [0.1, 0.15) is 12.0 Å². The maximum absolute atomic E-state index is 9.79. The fourth-order valence-electron chi connectivity index (χ4n) is 3.50. The summed E-state index contributed by atoms with van der Waals surface area (Å²) in [5, 5.41) is 9.79. The van der Waals surface area contributed by atoms with Gasteiger partial charge in [0.2, 0.25) is 0 Å². The van der Waals surface area contributed by atoms with Crippen LogP contribution in [0.3, 0.4) is 0 Å². The van der Waals surface area contributed by atoms with Crippen LogP contribution in [-0.2, 0) is 6.54 Å². The molecule has 4 heteroatoms. The van der Waals surface area contributed by atoms with E-state index in [2.05, 4.69) is 58.1 Å². The van der Waals surface area contributed by atoms with Crippen molar-refractivity contribution in [2.75, 3.05) is 46.3 Å². The molecule has 0 bridgehead atoms. The first-order chi connectivity index (χ1) is 10.2. The lowest BCUT2D eigenvalue weighted by atomic mass is 9.97. The molecule has 0 spiro atoms. The third kappa shape index (κ3) is 3.11. The van der Waals surface area contributed by atoms with Gasteiger partial charge in [-0.15, -0.1) is 0 Å². The van der Waals surface area contributed by atoms with Gasteiger partial charge in [0.05, 0.1) is 6.07 Å². The van der Waals surface area contributed by atoms with Crippen LogP contribution < -0.4 is 0 Å². The second kappa shape index (κ2) is 6.15. The number of likely N-dealkylation sites (tertiary alicyclic amines) is 1. The van der Waals surface area contributed by atoms with Gasteiger partial charge in [-0.25, -0.2) is 0 Å². The van der Waals surface area contributed by atoms with E-state index >= 15 is 0 Å². The van der Waals surface area contributed by atoms with Crippen molar-refractivity contribution < 1.29 is 0 Å². The Morgan fingerprint density at radius 2 is 1.81 bits per heavy atom. The van der Waals surface area contributed by atoms with E-state index < -0.39 is 0 Å². The lowest BCUT2D eigenvalue weighted by Crippen LogP contribution is -2.57. The zero-order valence-electron chi connectivity index (χ0n) is 12.8. The average Bonchev–Trinajstić information content (AvgIpc) is 2.93. The Labute approximate surface area is 127 Å². The van der Waals surface area contributed by atoms with Gasteiger partial charge in [0.15, 0.2) is 0 Å². The number of nitriles is 1. The highest BCUT2D eigenvalue weighted by Crippen LogP contribution is 2.29. The first kappa shape index (κ1) is 14.5. The van der Waals surface area contributed by atoms with Gasteiger partial charge in [0, 0.05) is 45.8 Å². The Morgan fingerprint density at radius 1 is 1.10 bits per heavy atom. The Hall–Kier alpha value is -1.41. The molecule has 2 heterocycles. The van der Waals surface area contributed by atoms with Crippen molar-refractivity contribution in [1.29, 1.82) is 5.26 Å². The summed E-state index contributed by atoms with van der Waals surface area (Å²) < 4.78 is 0. The molecular formula is C17H24N4. The molecular weight excluding hydrogens is 260 g/mol. The summed E-state index contributed by atoms with van der Waals surface area (Å²) in [5.41, 5.74) is 1.07. The molecule has 0 aliphatic carbocycles. The molecule has 0 saturated carbocycles. The summed E-state index contributed by atoms with van der Waals surface area (Å²) in [5.74, 6) is 0. The summed E-state index contributed by atoms with van der Waals surface area (Å²) in [7, 11) is 2.16. The molecule has 2 fully saturated rings. The number of hydrogen-bond acceptors (Lipinski definition) is 4. The van der Waals surface area contributed by atoms with Gasteiger partial charge in [0.25, 0.3) is 0 Å². The molecule has 1 aromatic rings. The normalized spacial score (nSPS) is 28.6. The lowest BCUT2D eigenvalue weighted by Gasteiger charge is -2.41. The molecule has 1 atom stereocenters. The molecule has 4 nitrogen and oxygen atoms in total. The van der Waals surface area contributed by atoms with E-state index in [0.717, 1.165) is 52.2 Å². The quantitative estimate of drug-likeness (QED) is 0.840. The summed E-state index contributed by atoms with van der Waals surface area (Å²) in [6, 6.07) is 13.2. The highest BCUT2D eigenvalue weighted by atomic mass is 15.3. The van der Waals surface area contributed by atoms with Crippen molar-refractivity contribution in [3.05, 3.63) is 35.9 Å². The first-order valence-electron chi connectivity index (χ1n) is 7.83. The van der Waals surface area contributed by atoms with Gasteiger partial charge in [-0.3, -0.25) is 9.80 Å². The van der Waals surface area contributed by atoms with Crippen LogP contribution in [-0.4, -0.2) is 66.6 Å². The van der Waals surface area contributed by atoms with Gasteiger partial charge < -0.3 is 4.90 Å². The number of nitrogens with zero attached hydrogens (tertiary/aromatic N) is 4. The molecule has 112 valence electrons. The van der Waals surface area contributed by atoms with Crippen LogP contribution in [0.2, 0.25) is 0 Å². The van der Waals surface area contributed by atoms with Crippen molar-refractivity contribution in [2.45, 2.75) is 18.5 Å². The zero-order valence-corrected chi connectivity index (χ0v) is 12.8. The maximum atomic E-state index is 9.79. The maximum Gasteiger partial charge on any atom is 0.123 e. The lowest BCUT2D eigenvalue weighted by molar-refractivity contribution is 0.0766. The van der Waals surface area contributed by atoms with E-state index in [4.69, 9.17) is 0 Å². The second-order valence-electron chi connectivity index (χ2n) is 6.38. The third-order valence-electron chi connectivity index (χ3n) is 4.89. The highest BCUT2D eigenvalue weighted by Gasteiger charge is 2.43. The predicted octanol–water partition coefficient (Wildman–Crippen LogP) is 1.40. The number of benzene rings is 1. The zero-order chi connectivity index (χ0) is 14.7. The number of rotatable bonds is 3. The fourth-order valence-corrected chi connectivity index (χ4v) is 3.50. The van der Waals surface area contributed by atoms with E-state index in [-0.39, 0.29) is 5.54 Å². The standard InChI is InChI=1S/C17H24N4/c1-19-9-11-21(12-10-19)17(14-18)7-8-20(15-17)13-16-5-3-2-4-6-16/h2-6H,7-13,15H2,1H3. The van der Waals surface area contributed by atoms with Crippen molar-refractivity contribution >= 4 is 0 Å². The van der Waals surface area contributed by atoms with Crippen LogP contribution in [0, 0.1) is 11.3 Å². The predicted molar refractivity (Wildman–Crippen MR) is 83.8 cm³/mol.